The molecule has 0 bridgehead atoms. The lowest BCUT2D eigenvalue weighted by Crippen LogP contribution is -2.30. The van der Waals surface area contributed by atoms with E-state index in [4.69, 9.17) is 5.73 Å². The minimum absolute atomic E-state index is 0.342. The lowest BCUT2D eigenvalue weighted by molar-refractivity contribution is 0.276. The first kappa shape index (κ1) is 11.6. The second-order valence-corrected chi connectivity index (χ2v) is 7.23. The van der Waals surface area contributed by atoms with Crippen LogP contribution in [0.3, 0.4) is 0 Å². The highest BCUT2D eigenvalue weighted by molar-refractivity contribution is 9.11. The molecule has 84 valence electrons. The first-order valence-electron chi connectivity index (χ1n) is 5.28. The molecular formula is C11H17BrN2S. The Balaban J connectivity index is 1.92. The van der Waals surface area contributed by atoms with E-state index in [9.17, 15) is 0 Å². The molecule has 0 spiro atoms. The van der Waals surface area contributed by atoms with Gasteiger partial charge >= 0.3 is 0 Å². The van der Waals surface area contributed by atoms with E-state index in [0.29, 0.717) is 5.41 Å². The van der Waals surface area contributed by atoms with Gasteiger partial charge in [-0.2, -0.15) is 0 Å². The van der Waals surface area contributed by atoms with Gasteiger partial charge in [-0.1, -0.05) is 6.92 Å². The van der Waals surface area contributed by atoms with Crippen LogP contribution in [0.25, 0.3) is 0 Å². The van der Waals surface area contributed by atoms with Crippen molar-refractivity contribution in [2.45, 2.75) is 19.9 Å². The quantitative estimate of drug-likeness (QED) is 0.927. The molecule has 1 aromatic heterocycles. The fourth-order valence-electron chi connectivity index (χ4n) is 2.08. The topological polar surface area (TPSA) is 29.3 Å². The molecule has 1 saturated heterocycles. The van der Waals surface area contributed by atoms with E-state index in [1.807, 2.05) is 11.3 Å². The molecule has 0 aliphatic carbocycles. The third kappa shape index (κ3) is 2.81. The van der Waals surface area contributed by atoms with Crippen molar-refractivity contribution in [3.05, 3.63) is 20.8 Å². The molecule has 1 atom stereocenters. The van der Waals surface area contributed by atoms with Crippen LogP contribution in [0.4, 0.5) is 0 Å². The summed E-state index contributed by atoms with van der Waals surface area (Å²) in [5.74, 6) is 0. The van der Waals surface area contributed by atoms with Crippen molar-refractivity contribution in [1.82, 2.24) is 4.90 Å². The Morgan fingerprint density at radius 1 is 1.60 bits per heavy atom. The van der Waals surface area contributed by atoms with E-state index in [1.165, 1.54) is 21.6 Å². The molecule has 2 heterocycles. The molecule has 1 aliphatic rings. The second kappa shape index (κ2) is 4.53. The number of halogens is 1. The van der Waals surface area contributed by atoms with Gasteiger partial charge in [0, 0.05) is 18.0 Å². The van der Waals surface area contributed by atoms with Crippen LogP contribution in [0, 0.1) is 5.41 Å². The van der Waals surface area contributed by atoms with Gasteiger partial charge in [-0.3, -0.25) is 4.90 Å². The summed E-state index contributed by atoms with van der Waals surface area (Å²) in [6, 6.07) is 4.32. The number of nitrogens with zero attached hydrogens (tertiary/aromatic N) is 1. The highest BCUT2D eigenvalue weighted by Gasteiger charge is 2.32. The summed E-state index contributed by atoms with van der Waals surface area (Å²) in [4.78, 5) is 3.94. The van der Waals surface area contributed by atoms with Crippen LogP contribution in [0.15, 0.2) is 15.9 Å². The number of thiophene rings is 1. The predicted molar refractivity (Wildman–Crippen MR) is 69.1 cm³/mol. The van der Waals surface area contributed by atoms with E-state index in [-0.39, 0.29) is 0 Å². The van der Waals surface area contributed by atoms with Crippen molar-refractivity contribution in [2.24, 2.45) is 11.1 Å². The molecule has 2 nitrogen and oxygen atoms in total. The van der Waals surface area contributed by atoms with Gasteiger partial charge in [-0.05, 0) is 53.0 Å². The van der Waals surface area contributed by atoms with Crippen molar-refractivity contribution in [3.63, 3.8) is 0 Å². The summed E-state index contributed by atoms with van der Waals surface area (Å²) in [5, 5.41) is 0. The zero-order valence-corrected chi connectivity index (χ0v) is 11.4. The number of likely N-dealkylation sites (tertiary alicyclic amines) is 1. The van der Waals surface area contributed by atoms with Crippen LogP contribution in [0.2, 0.25) is 0 Å². The summed E-state index contributed by atoms with van der Waals surface area (Å²) in [7, 11) is 0. The lowest BCUT2D eigenvalue weighted by Gasteiger charge is -2.22. The molecule has 15 heavy (non-hydrogen) atoms. The summed E-state index contributed by atoms with van der Waals surface area (Å²) in [6.45, 7) is 6.49. The van der Waals surface area contributed by atoms with Gasteiger partial charge < -0.3 is 5.73 Å². The molecule has 0 aromatic carbocycles. The average molecular weight is 289 g/mol. The van der Waals surface area contributed by atoms with Crippen molar-refractivity contribution in [2.75, 3.05) is 19.6 Å². The first-order chi connectivity index (χ1) is 7.11. The van der Waals surface area contributed by atoms with E-state index in [2.05, 4.69) is 39.9 Å². The molecule has 2 rings (SSSR count). The molecule has 1 aromatic rings. The monoisotopic (exact) mass is 288 g/mol. The van der Waals surface area contributed by atoms with Crippen LogP contribution in [-0.4, -0.2) is 24.5 Å². The SMILES string of the molecule is CC1(CN)CCN(Cc2ccc(Br)s2)C1. The van der Waals surface area contributed by atoms with Crippen LogP contribution < -0.4 is 5.73 Å². The number of rotatable bonds is 3. The molecule has 1 unspecified atom stereocenters. The van der Waals surface area contributed by atoms with Crippen LogP contribution in [0.5, 0.6) is 0 Å². The van der Waals surface area contributed by atoms with Crippen molar-refractivity contribution >= 4 is 27.3 Å². The molecule has 0 saturated carbocycles. The van der Waals surface area contributed by atoms with Gasteiger partial charge in [0.05, 0.1) is 3.79 Å². The van der Waals surface area contributed by atoms with Gasteiger partial charge in [0.15, 0.2) is 0 Å². The Bertz CT molecular complexity index is 339. The van der Waals surface area contributed by atoms with Crippen LogP contribution in [0.1, 0.15) is 18.2 Å². The fourth-order valence-corrected chi connectivity index (χ4v) is 3.61. The van der Waals surface area contributed by atoms with Crippen molar-refractivity contribution < 1.29 is 0 Å². The molecule has 1 fully saturated rings. The molecular weight excluding hydrogens is 272 g/mol. The van der Waals surface area contributed by atoms with Crippen LogP contribution in [-0.2, 0) is 6.54 Å². The normalized spacial score (nSPS) is 27.4. The largest absolute Gasteiger partial charge is 0.330 e. The second-order valence-electron chi connectivity index (χ2n) is 4.68. The highest BCUT2D eigenvalue weighted by Crippen LogP contribution is 2.31. The zero-order chi connectivity index (χ0) is 10.9. The summed E-state index contributed by atoms with van der Waals surface area (Å²) >= 11 is 5.32. The number of hydrogen-bond donors (Lipinski definition) is 1. The van der Waals surface area contributed by atoms with E-state index in [1.54, 1.807) is 0 Å². The van der Waals surface area contributed by atoms with Gasteiger partial charge in [-0.25, -0.2) is 0 Å². The molecule has 2 N–H and O–H groups in total. The third-order valence-electron chi connectivity index (χ3n) is 3.14. The third-order valence-corrected chi connectivity index (χ3v) is 4.75. The number of hydrogen-bond acceptors (Lipinski definition) is 3. The van der Waals surface area contributed by atoms with Gasteiger partial charge in [0.2, 0.25) is 0 Å². The Hall–Kier alpha value is 0.1000. The molecule has 4 heteroatoms. The Morgan fingerprint density at radius 3 is 2.93 bits per heavy atom. The Kier molecular flexibility index (Phi) is 3.50. The minimum Gasteiger partial charge on any atom is -0.330 e. The summed E-state index contributed by atoms with van der Waals surface area (Å²) in [5.41, 5.74) is 6.14. The van der Waals surface area contributed by atoms with Crippen molar-refractivity contribution in [3.8, 4) is 0 Å². The predicted octanol–water partition coefficient (Wildman–Crippen LogP) is 2.68. The van der Waals surface area contributed by atoms with Gasteiger partial charge in [-0.15, -0.1) is 11.3 Å². The van der Waals surface area contributed by atoms with E-state index in [0.717, 1.165) is 19.6 Å². The van der Waals surface area contributed by atoms with Crippen molar-refractivity contribution in [1.29, 1.82) is 0 Å². The Morgan fingerprint density at radius 2 is 2.40 bits per heavy atom. The standard InChI is InChI=1S/C11H17BrN2S/c1-11(7-13)4-5-14(8-11)6-9-2-3-10(12)15-9/h2-3H,4-8,13H2,1H3. The highest BCUT2D eigenvalue weighted by atomic mass is 79.9. The maximum Gasteiger partial charge on any atom is 0.0701 e. The van der Waals surface area contributed by atoms with Gasteiger partial charge in [0.25, 0.3) is 0 Å². The maximum atomic E-state index is 5.80. The van der Waals surface area contributed by atoms with E-state index < -0.39 is 0 Å². The molecule has 0 radical (unpaired) electrons. The summed E-state index contributed by atoms with van der Waals surface area (Å²) in [6.07, 6.45) is 1.23. The van der Waals surface area contributed by atoms with Gasteiger partial charge in [0.1, 0.15) is 0 Å². The lowest BCUT2D eigenvalue weighted by atomic mass is 9.90. The average Bonchev–Trinajstić information content (AvgIpc) is 2.76. The first-order valence-corrected chi connectivity index (χ1v) is 6.89. The fraction of sp³-hybridized carbons (Fsp3) is 0.636. The van der Waals surface area contributed by atoms with Crippen LogP contribution >= 0.6 is 27.3 Å². The Labute approximate surface area is 104 Å². The minimum atomic E-state index is 0.342. The molecule has 1 aliphatic heterocycles. The number of nitrogens with two attached hydrogens (primary N) is 1. The maximum absolute atomic E-state index is 5.80. The zero-order valence-electron chi connectivity index (χ0n) is 9.00. The summed E-state index contributed by atoms with van der Waals surface area (Å²) < 4.78 is 1.22. The molecule has 0 amide bonds. The smallest absolute Gasteiger partial charge is 0.0701 e. The van der Waals surface area contributed by atoms with E-state index >= 15 is 0 Å².